The smallest absolute Gasteiger partial charge is 0.127 e. The van der Waals surface area contributed by atoms with Crippen LogP contribution in [0.4, 0.5) is 8.78 Å². The molecule has 1 atom stereocenters. The number of aliphatic hydroxyl groups excluding tert-OH is 1. The van der Waals surface area contributed by atoms with E-state index in [1.165, 1.54) is 18.2 Å². The molecule has 0 aliphatic rings. The predicted molar refractivity (Wildman–Crippen MR) is 71.2 cm³/mol. The SMILES string of the molecule is Cc1ccc(C(O)Cc2c(F)cccc2Cl)cc1F. The van der Waals surface area contributed by atoms with Crippen molar-refractivity contribution in [3.63, 3.8) is 0 Å². The van der Waals surface area contributed by atoms with E-state index in [0.717, 1.165) is 0 Å². The fourth-order valence-corrected chi connectivity index (χ4v) is 2.10. The largest absolute Gasteiger partial charge is 0.388 e. The molecule has 4 heteroatoms. The normalized spacial score (nSPS) is 12.5. The van der Waals surface area contributed by atoms with Crippen molar-refractivity contribution in [2.75, 3.05) is 0 Å². The number of aliphatic hydroxyl groups is 1. The molecule has 2 aromatic rings. The quantitative estimate of drug-likeness (QED) is 0.894. The van der Waals surface area contributed by atoms with Gasteiger partial charge in [-0.3, -0.25) is 0 Å². The maximum absolute atomic E-state index is 13.6. The average molecular weight is 283 g/mol. The minimum Gasteiger partial charge on any atom is -0.388 e. The van der Waals surface area contributed by atoms with Crippen molar-refractivity contribution in [3.8, 4) is 0 Å². The van der Waals surface area contributed by atoms with Crippen LogP contribution in [0, 0.1) is 18.6 Å². The van der Waals surface area contributed by atoms with Crippen LogP contribution in [0.25, 0.3) is 0 Å². The van der Waals surface area contributed by atoms with Crippen molar-refractivity contribution in [2.24, 2.45) is 0 Å². The third kappa shape index (κ3) is 3.11. The molecule has 1 nitrogen and oxygen atoms in total. The van der Waals surface area contributed by atoms with Crippen LogP contribution >= 0.6 is 11.6 Å². The molecule has 0 saturated carbocycles. The molecule has 100 valence electrons. The highest BCUT2D eigenvalue weighted by Gasteiger charge is 2.15. The van der Waals surface area contributed by atoms with E-state index < -0.39 is 17.7 Å². The first-order chi connectivity index (χ1) is 8.99. The fraction of sp³-hybridized carbons (Fsp3) is 0.200. The monoisotopic (exact) mass is 282 g/mol. The zero-order valence-corrected chi connectivity index (χ0v) is 11.1. The third-order valence-corrected chi connectivity index (χ3v) is 3.39. The molecule has 0 aliphatic heterocycles. The number of benzene rings is 2. The van der Waals surface area contributed by atoms with Crippen LogP contribution < -0.4 is 0 Å². The predicted octanol–water partition coefficient (Wildman–Crippen LogP) is 4.20. The van der Waals surface area contributed by atoms with Gasteiger partial charge in [-0.05, 0) is 36.2 Å². The molecule has 2 aromatic carbocycles. The maximum atomic E-state index is 13.6. The summed E-state index contributed by atoms with van der Waals surface area (Å²) in [5.74, 6) is -0.865. The molecular formula is C15H13ClF2O. The lowest BCUT2D eigenvalue weighted by molar-refractivity contribution is 0.176. The molecule has 0 bridgehead atoms. The van der Waals surface area contributed by atoms with E-state index in [4.69, 9.17) is 11.6 Å². The third-order valence-electron chi connectivity index (χ3n) is 3.04. The highest BCUT2D eigenvalue weighted by atomic mass is 35.5. The summed E-state index contributed by atoms with van der Waals surface area (Å²) in [6.07, 6.45) is -0.988. The molecule has 0 heterocycles. The van der Waals surface area contributed by atoms with E-state index >= 15 is 0 Å². The van der Waals surface area contributed by atoms with E-state index in [1.807, 2.05) is 0 Å². The topological polar surface area (TPSA) is 20.2 Å². The van der Waals surface area contributed by atoms with Gasteiger partial charge in [0.1, 0.15) is 11.6 Å². The second kappa shape index (κ2) is 5.68. The van der Waals surface area contributed by atoms with E-state index in [0.29, 0.717) is 11.1 Å². The second-order valence-electron chi connectivity index (χ2n) is 4.43. The zero-order chi connectivity index (χ0) is 14.0. The van der Waals surface area contributed by atoms with Crippen LogP contribution in [-0.2, 0) is 6.42 Å². The summed E-state index contributed by atoms with van der Waals surface area (Å²) in [5.41, 5.74) is 1.14. The molecule has 0 fully saturated rings. The lowest BCUT2D eigenvalue weighted by Crippen LogP contribution is -2.05. The number of halogens is 3. The minimum atomic E-state index is -0.996. The number of hydrogen-bond donors (Lipinski definition) is 1. The highest BCUT2D eigenvalue weighted by molar-refractivity contribution is 6.31. The Bertz CT molecular complexity index is 578. The fourth-order valence-electron chi connectivity index (χ4n) is 1.85. The Morgan fingerprint density at radius 1 is 1.16 bits per heavy atom. The Morgan fingerprint density at radius 2 is 1.89 bits per heavy atom. The summed E-state index contributed by atoms with van der Waals surface area (Å²) < 4.78 is 27.0. The van der Waals surface area contributed by atoms with Gasteiger partial charge in [0.25, 0.3) is 0 Å². The van der Waals surface area contributed by atoms with Crippen LogP contribution in [-0.4, -0.2) is 5.11 Å². The maximum Gasteiger partial charge on any atom is 0.127 e. The van der Waals surface area contributed by atoms with Crippen LogP contribution in [0.3, 0.4) is 0 Å². The Labute approximate surface area is 115 Å². The number of hydrogen-bond acceptors (Lipinski definition) is 1. The summed E-state index contributed by atoms with van der Waals surface area (Å²) >= 11 is 5.89. The van der Waals surface area contributed by atoms with Gasteiger partial charge in [0, 0.05) is 17.0 Å². The summed E-state index contributed by atoms with van der Waals surface area (Å²) in [6.45, 7) is 1.64. The van der Waals surface area contributed by atoms with Crippen molar-refractivity contribution >= 4 is 11.6 Å². The summed E-state index contributed by atoms with van der Waals surface area (Å²) in [7, 11) is 0. The van der Waals surface area contributed by atoms with E-state index in [1.54, 1.807) is 25.1 Å². The molecule has 0 aromatic heterocycles. The van der Waals surface area contributed by atoms with Crippen molar-refractivity contribution < 1.29 is 13.9 Å². The average Bonchev–Trinajstić information content (AvgIpc) is 2.37. The number of rotatable bonds is 3. The van der Waals surface area contributed by atoms with Gasteiger partial charge in [0.05, 0.1) is 6.10 Å². The van der Waals surface area contributed by atoms with Gasteiger partial charge in [-0.15, -0.1) is 0 Å². The van der Waals surface area contributed by atoms with Gasteiger partial charge in [-0.1, -0.05) is 29.8 Å². The molecule has 1 N–H and O–H groups in total. The van der Waals surface area contributed by atoms with E-state index in [-0.39, 0.29) is 17.0 Å². The zero-order valence-electron chi connectivity index (χ0n) is 10.3. The second-order valence-corrected chi connectivity index (χ2v) is 4.84. The van der Waals surface area contributed by atoms with Gasteiger partial charge < -0.3 is 5.11 Å². The Balaban J connectivity index is 2.25. The first-order valence-corrected chi connectivity index (χ1v) is 6.24. The van der Waals surface area contributed by atoms with Crippen molar-refractivity contribution in [2.45, 2.75) is 19.4 Å². The molecule has 0 radical (unpaired) electrons. The highest BCUT2D eigenvalue weighted by Crippen LogP contribution is 2.26. The van der Waals surface area contributed by atoms with Gasteiger partial charge in [-0.25, -0.2) is 8.78 Å². The standard InChI is InChI=1S/C15H13ClF2O/c1-9-5-6-10(7-14(9)18)15(19)8-11-12(16)3-2-4-13(11)17/h2-7,15,19H,8H2,1H3. The molecule has 19 heavy (non-hydrogen) atoms. The first kappa shape index (κ1) is 14.0. The van der Waals surface area contributed by atoms with Crippen LogP contribution in [0.5, 0.6) is 0 Å². The lowest BCUT2D eigenvalue weighted by Gasteiger charge is -2.13. The van der Waals surface area contributed by atoms with Crippen molar-refractivity contribution in [1.29, 1.82) is 0 Å². The van der Waals surface area contributed by atoms with Crippen LogP contribution in [0.15, 0.2) is 36.4 Å². The van der Waals surface area contributed by atoms with Gasteiger partial charge in [0.15, 0.2) is 0 Å². The summed E-state index contributed by atoms with van der Waals surface area (Å²) in [5, 5.41) is 10.3. The Morgan fingerprint density at radius 3 is 2.53 bits per heavy atom. The van der Waals surface area contributed by atoms with Crippen molar-refractivity contribution in [3.05, 3.63) is 69.7 Å². The molecule has 0 spiro atoms. The van der Waals surface area contributed by atoms with E-state index in [2.05, 4.69) is 0 Å². The Hall–Kier alpha value is -1.45. The minimum absolute atomic E-state index is 0.00794. The lowest BCUT2D eigenvalue weighted by atomic mass is 10.00. The molecule has 1 unspecified atom stereocenters. The summed E-state index contributed by atoms with van der Waals surface area (Å²) in [4.78, 5) is 0. The van der Waals surface area contributed by atoms with Gasteiger partial charge in [0.2, 0.25) is 0 Å². The first-order valence-electron chi connectivity index (χ1n) is 5.86. The van der Waals surface area contributed by atoms with Crippen LogP contribution in [0.2, 0.25) is 5.02 Å². The molecule has 2 rings (SSSR count). The van der Waals surface area contributed by atoms with Gasteiger partial charge >= 0.3 is 0 Å². The summed E-state index contributed by atoms with van der Waals surface area (Å²) in [6, 6.07) is 8.80. The van der Waals surface area contributed by atoms with Crippen molar-refractivity contribution in [1.82, 2.24) is 0 Å². The van der Waals surface area contributed by atoms with Crippen LogP contribution in [0.1, 0.15) is 22.8 Å². The Kier molecular flexibility index (Phi) is 4.17. The molecule has 0 aliphatic carbocycles. The molecule has 0 amide bonds. The molecule has 0 saturated heterocycles. The number of aryl methyl sites for hydroxylation is 1. The van der Waals surface area contributed by atoms with E-state index in [9.17, 15) is 13.9 Å². The van der Waals surface area contributed by atoms with Gasteiger partial charge in [-0.2, -0.15) is 0 Å². The molecular weight excluding hydrogens is 270 g/mol.